The van der Waals surface area contributed by atoms with Crippen molar-refractivity contribution in [3.8, 4) is 0 Å². The van der Waals surface area contributed by atoms with E-state index in [0.29, 0.717) is 44.1 Å². The van der Waals surface area contributed by atoms with Crippen molar-refractivity contribution < 1.29 is 13.2 Å². The highest BCUT2D eigenvalue weighted by molar-refractivity contribution is 7.90. The van der Waals surface area contributed by atoms with E-state index in [0.717, 1.165) is 30.3 Å². The number of rotatable bonds is 8. The van der Waals surface area contributed by atoms with Crippen LogP contribution in [0.5, 0.6) is 0 Å². The molecule has 3 heterocycles. The molecule has 9 nitrogen and oxygen atoms in total. The van der Waals surface area contributed by atoms with Crippen molar-refractivity contribution in [1.82, 2.24) is 19.5 Å². The molecule has 34 heavy (non-hydrogen) atoms. The first kappa shape index (κ1) is 24.4. The van der Waals surface area contributed by atoms with E-state index in [1.54, 1.807) is 0 Å². The first-order chi connectivity index (χ1) is 16.1. The Labute approximate surface area is 201 Å². The van der Waals surface area contributed by atoms with Gasteiger partial charge in [-0.3, -0.25) is 4.90 Å². The maximum Gasteiger partial charge on any atom is 0.177 e. The number of nitrogen functional groups attached to an aromatic ring is 1. The second kappa shape index (κ2) is 9.89. The molecule has 0 aliphatic carbocycles. The highest BCUT2D eigenvalue weighted by Crippen LogP contribution is 2.26. The summed E-state index contributed by atoms with van der Waals surface area (Å²) in [6, 6.07) is 8.19. The van der Waals surface area contributed by atoms with Gasteiger partial charge in [0.15, 0.2) is 11.5 Å². The van der Waals surface area contributed by atoms with Crippen LogP contribution in [0.2, 0.25) is 0 Å². The normalized spacial score (nSPS) is 14.9. The number of fused-ring (bicyclic) bond motifs is 1. The van der Waals surface area contributed by atoms with Crippen molar-refractivity contribution in [1.29, 1.82) is 0 Å². The number of aromatic nitrogens is 3. The van der Waals surface area contributed by atoms with E-state index in [2.05, 4.69) is 36.9 Å². The lowest BCUT2D eigenvalue weighted by atomic mass is 9.99. The number of nitrogens with two attached hydrogens (primary N) is 1. The molecule has 0 radical (unpaired) electrons. The Kier molecular flexibility index (Phi) is 7.11. The minimum Gasteiger partial charge on any atom is -0.396 e. The summed E-state index contributed by atoms with van der Waals surface area (Å²) in [6.07, 6.45) is 1.92. The lowest BCUT2D eigenvalue weighted by Gasteiger charge is -2.27. The van der Waals surface area contributed by atoms with Crippen molar-refractivity contribution in [3.63, 3.8) is 0 Å². The highest BCUT2D eigenvalue weighted by atomic mass is 32.2. The summed E-state index contributed by atoms with van der Waals surface area (Å²) in [4.78, 5) is 9.03. The van der Waals surface area contributed by atoms with E-state index < -0.39 is 9.84 Å². The molecular formula is C24H34N6O3S. The standard InChI is InChI=1S/C24H34N6O3S/c1-17-6-5-7-19(18(17)2)14-22-21(16-28(3)10-13-34(4,31)32)26-24-20(25)15-23(27-30(22)24)29-8-11-33-12-9-29/h5-7,15H,8-14,16,25H2,1-4H3. The van der Waals surface area contributed by atoms with E-state index in [1.165, 1.54) is 22.9 Å². The fourth-order valence-electron chi connectivity index (χ4n) is 4.21. The number of ether oxygens (including phenoxy) is 1. The third-order valence-corrected chi connectivity index (χ3v) is 7.37. The van der Waals surface area contributed by atoms with Gasteiger partial charge in [-0.2, -0.15) is 0 Å². The maximum atomic E-state index is 11.7. The smallest absolute Gasteiger partial charge is 0.177 e. The third kappa shape index (κ3) is 5.51. The molecule has 1 aromatic carbocycles. The van der Waals surface area contributed by atoms with Gasteiger partial charge in [-0.1, -0.05) is 18.2 Å². The Balaban J connectivity index is 1.76. The van der Waals surface area contributed by atoms with Gasteiger partial charge in [-0.05, 0) is 37.6 Å². The Bertz CT molecular complexity index is 1280. The summed E-state index contributed by atoms with van der Waals surface area (Å²) < 4.78 is 30.7. The van der Waals surface area contributed by atoms with E-state index in [4.69, 9.17) is 20.6 Å². The van der Waals surface area contributed by atoms with Gasteiger partial charge in [-0.15, -0.1) is 5.10 Å². The van der Waals surface area contributed by atoms with Crippen LogP contribution in [0.25, 0.3) is 5.65 Å². The fraction of sp³-hybridized carbons (Fsp3) is 0.500. The average Bonchev–Trinajstić information content (AvgIpc) is 3.13. The van der Waals surface area contributed by atoms with E-state index >= 15 is 0 Å². The summed E-state index contributed by atoms with van der Waals surface area (Å²) in [7, 11) is -1.14. The van der Waals surface area contributed by atoms with Crippen molar-refractivity contribution >= 4 is 27.0 Å². The Hall–Kier alpha value is -2.69. The molecule has 10 heteroatoms. The molecule has 0 bridgehead atoms. The number of imidazole rings is 1. The number of morpholine rings is 1. The molecule has 3 aromatic rings. The molecule has 0 unspecified atom stereocenters. The molecule has 4 rings (SSSR count). The monoisotopic (exact) mass is 486 g/mol. The number of aryl methyl sites for hydroxylation is 1. The van der Waals surface area contributed by atoms with Crippen LogP contribution in [-0.4, -0.2) is 79.8 Å². The average molecular weight is 487 g/mol. The van der Waals surface area contributed by atoms with Gasteiger partial charge >= 0.3 is 0 Å². The molecule has 184 valence electrons. The van der Waals surface area contributed by atoms with Crippen molar-refractivity contribution in [2.24, 2.45) is 0 Å². The summed E-state index contributed by atoms with van der Waals surface area (Å²) in [6.45, 7) is 8.03. The van der Waals surface area contributed by atoms with E-state index in [9.17, 15) is 8.42 Å². The van der Waals surface area contributed by atoms with Crippen LogP contribution in [0.1, 0.15) is 28.1 Å². The first-order valence-corrected chi connectivity index (χ1v) is 13.6. The van der Waals surface area contributed by atoms with Crippen LogP contribution in [0, 0.1) is 13.8 Å². The lowest BCUT2D eigenvalue weighted by molar-refractivity contribution is 0.122. The molecule has 1 aliphatic heterocycles. The zero-order valence-corrected chi connectivity index (χ0v) is 21.2. The Morgan fingerprint density at radius 3 is 2.65 bits per heavy atom. The van der Waals surface area contributed by atoms with Crippen LogP contribution >= 0.6 is 0 Å². The van der Waals surface area contributed by atoms with Crippen LogP contribution in [0.4, 0.5) is 11.5 Å². The predicted octanol–water partition coefficient (Wildman–Crippen LogP) is 1.83. The number of hydrogen-bond acceptors (Lipinski definition) is 8. The molecule has 0 atom stereocenters. The van der Waals surface area contributed by atoms with Gasteiger partial charge in [-0.25, -0.2) is 17.9 Å². The predicted molar refractivity (Wildman–Crippen MR) is 135 cm³/mol. The van der Waals surface area contributed by atoms with Crippen LogP contribution in [0.15, 0.2) is 24.3 Å². The maximum absolute atomic E-state index is 11.7. The summed E-state index contributed by atoms with van der Waals surface area (Å²) in [5.74, 6) is 0.912. The second-order valence-electron chi connectivity index (χ2n) is 9.20. The minimum atomic E-state index is -3.05. The van der Waals surface area contributed by atoms with Gasteiger partial charge in [0.05, 0.1) is 36.0 Å². The van der Waals surface area contributed by atoms with Gasteiger partial charge in [0.2, 0.25) is 0 Å². The fourth-order valence-corrected chi connectivity index (χ4v) is 4.85. The van der Waals surface area contributed by atoms with Crippen LogP contribution in [-0.2, 0) is 27.5 Å². The molecule has 0 amide bonds. The molecule has 0 spiro atoms. The van der Waals surface area contributed by atoms with Crippen molar-refractivity contribution in [2.75, 3.05) is 62.5 Å². The first-order valence-electron chi connectivity index (χ1n) is 11.5. The van der Waals surface area contributed by atoms with Crippen molar-refractivity contribution in [2.45, 2.75) is 26.8 Å². The number of sulfone groups is 1. The molecule has 0 saturated carbocycles. The number of hydrogen-bond donors (Lipinski definition) is 1. The summed E-state index contributed by atoms with van der Waals surface area (Å²) >= 11 is 0. The molecular weight excluding hydrogens is 452 g/mol. The number of benzene rings is 1. The topological polar surface area (TPSA) is 106 Å². The van der Waals surface area contributed by atoms with E-state index in [-0.39, 0.29) is 5.75 Å². The quantitative estimate of drug-likeness (QED) is 0.514. The largest absolute Gasteiger partial charge is 0.396 e. The van der Waals surface area contributed by atoms with Gasteiger partial charge in [0, 0.05) is 44.9 Å². The Morgan fingerprint density at radius 1 is 1.21 bits per heavy atom. The summed E-state index contributed by atoms with van der Waals surface area (Å²) in [5.41, 5.74) is 13.2. The van der Waals surface area contributed by atoms with Crippen LogP contribution < -0.4 is 10.6 Å². The molecule has 1 aliphatic rings. The van der Waals surface area contributed by atoms with Gasteiger partial charge in [0.25, 0.3) is 0 Å². The van der Waals surface area contributed by atoms with Gasteiger partial charge in [0.1, 0.15) is 9.84 Å². The molecule has 1 saturated heterocycles. The second-order valence-corrected chi connectivity index (χ2v) is 11.5. The van der Waals surface area contributed by atoms with Crippen LogP contribution in [0.3, 0.4) is 0 Å². The minimum absolute atomic E-state index is 0.102. The van der Waals surface area contributed by atoms with Crippen molar-refractivity contribution in [3.05, 3.63) is 52.3 Å². The zero-order valence-electron chi connectivity index (χ0n) is 20.4. The third-order valence-electron chi connectivity index (χ3n) is 6.45. The van der Waals surface area contributed by atoms with E-state index in [1.807, 2.05) is 22.5 Å². The number of nitrogens with zero attached hydrogens (tertiary/aromatic N) is 5. The lowest BCUT2D eigenvalue weighted by Crippen LogP contribution is -2.37. The Morgan fingerprint density at radius 2 is 1.94 bits per heavy atom. The summed E-state index contributed by atoms with van der Waals surface area (Å²) in [5, 5.41) is 4.95. The molecule has 2 N–H and O–H groups in total. The molecule has 2 aromatic heterocycles. The number of anilines is 2. The zero-order chi connectivity index (χ0) is 24.5. The SMILES string of the molecule is Cc1cccc(Cc2c(CN(C)CCS(C)(=O)=O)nc3c(N)cc(N4CCOCC4)nn23)c1C. The molecule has 1 fully saturated rings. The van der Waals surface area contributed by atoms with Gasteiger partial charge < -0.3 is 15.4 Å². The highest BCUT2D eigenvalue weighted by Gasteiger charge is 2.21.